The lowest BCUT2D eigenvalue weighted by atomic mass is 10.1. The van der Waals surface area contributed by atoms with Crippen LogP contribution in [0.5, 0.6) is 0 Å². The van der Waals surface area contributed by atoms with E-state index >= 15 is 0 Å². The van der Waals surface area contributed by atoms with Crippen molar-refractivity contribution in [1.29, 1.82) is 0 Å². The van der Waals surface area contributed by atoms with Crippen molar-refractivity contribution < 1.29 is 14.3 Å². The van der Waals surface area contributed by atoms with Gasteiger partial charge in [-0.3, -0.25) is 4.79 Å². The summed E-state index contributed by atoms with van der Waals surface area (Å²) in [5.41, 5.74) is 0. The molecule has 110 valence electrons. The van der Waals surface area contributed by atoms with Gasteiger partial charge in [-0.05, 0) is 19.3 Å². The molecule has 0 aromatic rings. The Kier molecular flexibility index (Phi) is 7.53. The third kappa shape index (κ3) is 5.62. The van der Waals surface area contributed by atoms with Crippen LogP contribution in [0.15, 0.2) is 0 Å². The molecule has 0 bridgehead atoms. The normalized spacial score (nSPS) is 18.6. The Morgan fingerprint density at radius 2 is 1.84 bits per heavy atom. The highest BCUT2D eigenvalue weighted by molar-refractivity contribution is 5.83. The van der Waals surface area contributed by atoms with Crippen LogP contribution in [-0.2, 0) is 14.3 Å². The number of ether oxygens (including phenoxy) is 1. The van der Waals surface area contributed by atoms with E-state index in [2.05, 4.69) is 6.92 Å². The Labute approximate surface area is 116 Å². The fourth-order valence-corrected chi connectivity index (χ4v) is 2.54. The number of hydrogen-bond donors (Lipinski definition) is 0. The molecule has 0 N–H and O–H groups in total. The largest absolute Gasteiger partial charge is 0.464 e. The van der Waals surface area contributed by atoms with Gasteiger partial charge in [0.15, 0.2) is 0 Å². The molecule has 0 saturated carbocycles. The molecule has 0 radical (unpaired) electrons. The first-order valence-electron chi connectivity index (χ1n) is 7.60. The molecule has 1 aliphatic rings. The van der Waals surface area contributed by atoms with Gasteiger partial charge in [0.05, 0.1) is 6.61 Å². The molecule has 1 saturated heterocycles. The molecule has 1 amide bonds. The predicted molar refractivity (Wildman–Crippen MR) is 74.7 cm³/mol. The minimum Gasteiger partial charge on any atom is -0.464 e. The Morgan fingerprint density at radius 1 is 1.16 bits per heavy atom. The van der Waals surface area contributed by atoms with Gasteiger partial charge in [0.1, 0.15) is 6.04 Å². The summed E-state index contributed by atoms with van der Waals surface area (Å²) in [6.45, 7) is 4.89. The van der Waals surface area contributed by atoms with E-state index in [9.17, 15) is 9.59 Å². The summed E-state index contributed by atoms with van der Waals surface area (Å²) in [5.74, 6) is -0.250. The second kappa shape index (κ2) is 8.94. The molecule has 0 aromatic heterocycles. The highest BCUT2D eigenvalue weighted by Gasteiger charge is 2.33. The highest BCUT2D eigenvalue weighted by atomic mass is 16.5. The zero-order valence-corrected chi connectivity index (χ0v) is 12.3. The maximum absolute atomic E-state index is 11.9. The molecule has 19 heavy (non-hydrogen) atoms. The Bertz CT molecular complexity index is 291. The molecular formula is C15H27NO3. The van der Waals surface area contributed by atoms with Crippen molar-refractivity contribution >= 4 is 11.9 Å². The summed E-state index contributed by atoms with van der Waals surface area (Å²) in [7, 11) is 0. The maximum Gasteiger partial charge on any atom is 0.328 e. The fourth-order valence-electron chi connectivity index (χ4n) is 2.54. The first-order valence-corrected chi connectivity index (χ1v) is 7.60. The van der Waals surface area contributed by atoms with Crippen LogP contribution in [0.4, 0.5) is 0 Å². The Morgan fingerprint density at radius 3 is 2.53 bits per heavy atom. The second-order valence-electron chi connectivity index (χ2n) is 5.31. The molecule has 0 aromatic carbocycles. The van der Waals surface area contributed by atoms with Crippen molar-refractivity contribution in [3.8, 4) is 0 Å². The van der Waals surface area contributed by atoms with Gasteiger partial charge in [0.2, 0.25) is 5.91 Å². The van der Waals surface area contributed by atoms with Gasteiger partial charge < -0.3 is 9.64 Å². The minimum atomic E-state index is -0.336. The highest BCUT2D eigenvalue weighted by Crippen LogP contribution is 2.18. The van der Waals surface area contributed by atoms with E-state index in [0.29, 0.717) is 13.2 Å². The van der Waals surface area contributed by atoms with E-state index in [4.69, 9.17) is 4.74 Å². The number of amides is 1. The summed E-state index contributed by atoms with van der Waals surface area (Å²) in [6.07, 6.45) is 8.72. The molecule has 1 fully saturated rings. The number of esters is 1. The first kappa shape index (κ1) is 16.0. The maximum atomic E-state index is 11.9. The van der Waals surface area contributed by atoms with E-state index in [1.165, 1.54) is 32.6 Å². The summed E-state index contributed by atoms with van der Waals surface area (Å²) in [4.78, 5) is 24.9. The Balaban J connectivity index is 2.12. The summed E-state index contributed by atoms with van der Waals surface area (Å²) in [5, 5.41) is 0. The number of carbonyl (C=O) groups is 2. The molecule has 4 heteroatoms. The molecular weight excluding hydrogens is 242 g/mol. The zero-order valence-electron chi connectivity index (χ0n) is 12.3. The quantitative estimate of drug-likeness (QED) is 0.503. The number of carbonyl (C=O) groups excluding carboxylic acids is 2. The number of hydrogen-bond acceptors (Lipinski definition) is 3. The van der Waals surface area contributed by atoms with Gasteiger partial charge in [0.25, 0.3) is 0 Å². The lowest BCUT2D eigenvalue weighted by molar-refractivity contribution is -0.153. The standard InChI is InChI=1S/C15H27NO3/c1-3-4-5-6-7-8-12-19-15(18)14-10-9-11-16(14)13(2)17/h14H,3-12H2,1-2H3/t14-/m0/s1. The van der Waals surface area contributed by atoms with E-state index in [1.54, 1.807) is 4.90 Å². The van der Waals surface area contributed by atoms with Crippen molar-refractivity contribution in [1.82, 2.24) is 4.90 Å². The summed E-state index contributed by atoms with van der Waals surface area (Å²) >= 11 is 0. The second-order valence-corrected chi connectivity index (χ2v) is 5.31. The molecule has 1 rings (SSSR count). The van der Waals surface area contributed by atoms with E-state index in [1.807, 2.05) is 0 Å². The van der Waals surface area contributed by atoms with Crippen LogP contribution in [0.1, 0.15) is 65.2 Å². The van der Waals surface area contributed by atoms with Crippen molar-refractivity contribution in [2.45, 2.75) is 71.3 Å². The molecule has 0 spiro atoms. The molecule has 1 aliphatic heterocycles. The average Bonchev–Trinajstić information content (AvgIpc) is 2.87. The van der Waals surface area contributed by atoms with Crippen LogP contribution < -0.4 is 0 Å². The molecule has 0 unspecified atom stereocenters. The van der Waals surface area contributed by atoms with Crippen LogP contribution in [0.3, 0.4) is 0 Å². The van der Waals surface area contributed by atoms with Crippen LogP contribution in [-0.4, -0.2) is 36.0 Å². The van der Waals surface area contributed by atoms with Crippen molar-refractivity contribution in [3.63, 3.8) is 0 Å². The van der Waals surface area contributed by atoms with Crippen LogP contribution in [0.2, 0.25) is 0 Å². The van der Waals surface area contributed by atoms with E-state index in [0.717, 1.165) is 25.7 Å². The van der Waals surface area contributed by atoms with Crippen LogP contribution >= 0.6 is 0 Å². The molecule has 0 aliphatic carbocycles. The van der Waals surface area contributed by atoms with Gasteiger partial charge in [-0.15, -0.1) is 0 Å². The third-order valence-electron chi connectivity index (χ3n) is 3.67. The van der Waals surface area contributed by atoms with Gasteiger partial charge >= 0.3 is 5.97 Å². The number of likely N-dealkylation sites (tertiary alicyclic amines) is 1. The van der Waals surface area contributed by atoms with E-state index in [-0.39, 0.29) is 17.9 Å². The molecule has 1 heterocycles. The first-order chi connectivity index (χ1) is 9.16. The van der Waals surface area contributed by atoms with Crippen LogP contribution in [0, 0.1) is 0 Å². The van der Waals surface area contributed by atoms with Gasteiger partial charge in [-0.25, -0.2) is 4.79 Å². The van der Waals surface area contributed by atoms with Crippen molar-refractivity contribution in [2.75, 3.05) is 13.2 Å². The van der Waals surface area contributed by atoms with Crippen molar-refractivity contribution in [2.24, 2.45) is 0 Å². The fraction of sp³-hybridized carbons (Fsp3) is 0.867. The Hall–Kier alpha value is -1.06. The van der Waals surface area contributed by atoms with Gasteiger partial charge in [-0.2, -0.15) is 0 Å². The van der Waals surface area contributed by atoms with Gasteiger partial charge in [0, 0.05) is 13.5 Å². The summed E-state index contributed by atoms with van der Waals surface area (Å²) in [6, 6.07) is -0.336. The van der Waals surface area contributed by atoms with E-state index < -0.39 is 0 Å². The number of unbranched alkanes of at least 4 members (excludes halogenated alkanes) is 5. The number of nitrogens with zero attached hydrogens (tertiary/aromatic N) is 1. The third-order valence-corrected chi connectivity index (χ3v) is 3.67. The van der Waals surface area contributed by atoms with Crippen LogP contribution in [0.25, 0.3) is 0 Å². The lowest BCUT2D eigenvalue weighted by Crippen LogP contribution is -2.40. The lowest BCUT2D eigenvalue weighted by Gasteiger charge is -2.21. The number of rotatable bonds is 8. The monoisotopic (exact) mass is 269 g/mol. The molecule has 4 nitrogen and oxygen atoms in total. The average molecular weight is 269 g/mol. The van der Waals surface area contributed by atoms with Gasteiger partial charge in [-0.1, -0.05) is 39.0 Å². The minimum absolute atomic E-state index is 0.0287. The van der Waals surface area contributed by atoms with Crippen molar-refractivity contribution in [3.05, 3.63) is 0 Å². The molecule has 1 atom stereocenters. The zero-order chi connectivity index (χ0) is 14.1. The topological polar surface area (TPSA) is 46.6 Å². The smallest absolute Gasteiger partial charge is 0.328 e. The predicted octanol–water partition coefficient (Wildman–Crippen LogP) is 2.90. The SMILES string of the molecule is CCCCCCCCOC(=O)[C@@H]1CCCN1C(C)=O. The summed E-state index contributed by atoms with van der Waals surface area (Å²) < 4.78 is 5.28.